The predicted octanol–water partition coefficient (Wildman–Crippen LogP) is 3.47. The molecule has 2 aromatic heterocycles. The number of halogens is 3. The van der Waals surface area contributed by atoms with Crippen molar-refractivity contribution >= 4 is 11.6 Å². The van der Waals surface area contributed by atoms with Crippen molar-refractivity contribution in [2.45, 2.75) is 12.6 Å². The summed E-state index contributed by atoms with van der Waals surface area (Å²) in [5, 5.41) is 4.10. The molecule has 0 atom stereocenters. The Balaban J connectivity index is 1.77. The number of benzene rings is 1. The number of fused-ring (bicyclic) bond motifs is 1. The van der Waals surface area contributed by atoms with Crippen LogP contribution in [0.4, 0.5) is 13.2 Å². The normalized spacial score (nSPS) is 14.1. The van der Waals surface area contributed by atoms with Gasteiger partial charge in [0.2, 0.25) is 0 Å². The summed E-state index contributed by atoms with van der Waals surface area (Å²) >= 11 is 0. The number of hydrogen-bond donors (Lipinski definition) is 0. The quantitative estimate of drug-likeness (QED) is 0.706. The van der Waals surface area contributed by atoms with Crippen molar-refractivity contribution in [1.82, 2.24) is 14.8 Å². The highest BCUT2D eigenvalue weighted by Crippen LogP contribution is 2.31. The number of hydrogen-bond acceptors (Lipinski definition) is 3. The molecule has 0 bridgehead atoms. The van der Waals surface area contributed by atoms with Gasteiger partial charge in [-0.3, -0.25) is 9.78 Å². The maximum Gasteiger partial charge on any atom is 0.416 e. The molecule has 0 unspecified atom stereocenters. The highest BCUT2D eigenvalue weighted by Gasteiger charge is 2.31. The van der Waals surface area contributed by atoms with Crippen LogP contribution in [0.5, 0.6) is 0 Å². The molecule has 5 nitrogen and oxygen atoms in total. The van der Waals surface area contributed by atoms with E-state index in [4.69, 9.17) is 0 Å². The summed E-state index contributed by atoms with van der Waals surface area (Å²) in [4.78, 5) is 20.5. The largest absolute Gasteiger partial charge is 0.416 e. The van der Waals surface area contributed by atoms with Crippen LogP contribution in [0.3, 0.4) is 0 Å². The molecule has 1 aromatic carbocycles. The van der Waals surface area contributed by atoms with E-state index in [0.29, 0.717) is 17.1 Å². The third-order valence-corrected chi connectivity index (χ3v) is 4.05. The van der Waals surface area contributed by atoms with Gasteiger partial charge >= 0.3 is 6.18 Å². The summed E-state index contributed by atoms with van der Waals surface area (Å²) in [6.07, 6.45) is -1.30. The second-order valence-electron chi connectivity index (χ2n) is 5.72. The smallest absolute Gasteiger partial charge is 0.267 e. The number of pyridine rings is 1. The first-order valence-electron chi connectivity index (χ1n) is 7.71. The molecule has 3 aromatic rings. The number of nitrogens with zero attached hydrogens (tertiary/aromatic N) is 4. The van der Waals surface area contributed by atoms with Crippen molar-refractivity contribution in [2.24, 2.45) is 4.99 Å². The molecule has 26 heavy (non-hydrogen) atoms. The lowest BCUT2D eigenvalue weighted by atomic mass is 10.0. The van der Waals surface area contributed by atoms with Gasteiger partial charge in [-0.05, 0) is 30.3 Å². The van der Waals surface area contributed by atoms with Crippen LogP contribution in [0, 0.1) is 0 Å². The summed E-state index contributed by atoms with van der Waals surface area (Å²) < 4.78 is 40.3. The number of carbonyl (C=O) groups excluding carboxylic acids is 1. The van der Waals surface area contributed by atoms with Gasteiger partial charge < -0.3 is 0 Å². The molecule has 130 valence electrons. The lowest BCUT2D eigenvalue weighted by Gasteiger charge is -2.15. The third-order valence-electron chi connectivity index (χ3n) is 4.05. The van der Waals surface area contributed by atoms with E-state index in [9.17, 15) is 18.0 Å². The highest BCUT2D eigenvalue weighted by molar-refractivity contribution is 6.14. The zero-order chi connectivity index (χ0) is 18.3. The Morgan fingerprint density at radius 1 is 1.08 bits per heavy atom. The van der Waals surface area contributed by atoms with E-state index in [-0.39, 0.29) is 17.7 Å². The number of rotatable bonds is 2. The van der Waals surface area contributed by atoms with Crippen LogP contribution in [0.2, 0.25) is 0 Å². The molecular formula is C18H11F3N4O. The maximum absolute atomic E-state index is 13.0. The minimum absolute atomic E-state index is 0.233. The lowest BCUT2D eigenvalue weighted by molar-refractivity contribution is -0.137. The molecule has 1 amide bonds. The van der Waals surface area contributed by atoms with Crippen LogP contribution in [0.1, 0.15) is 27.3 Å². The molecule has 0 saturated carbocycles. The molecule has 8 heteroatoms. The molecule has 0 spiro atoms. The minimum atomic E-state index is -4.46. The van der Waals surface area contributed by atoms with Crippen LogP contribution in [0.15, 0.2) is 59.9 Å². The van der Waals surface area contributed by atoms with Crippen molar-refractivity contribution in [3.05, 3.63) is 77.4 Å². The van der Waals surface area contributed by atoms with E-state index in [2.05, 4.69) is 15.1 Å². The summed E-state index contributed by atoms with van der Waals surface area (Å²) in [5.41, 5.74) is 1.23. The van der Waals surface area contributed by atoms with Gasteiger partial charge in [0.25, 0.3) is 5.91 Å². The number of amides is 1. The van der Waals surface area contributed by atoms with Crippen LogP contribution in [0.25, 0.3) is 5.69 Å². The monoisotopic (exact) mass is 356 g/mol. The molecule has 0 saturated heterocycles. The van der Waals surface area contributed by atoms with Gasteiger partial charge in [0, 0.05) is 12.6 Å². The van der Waals surface area contributed by atoms with Crippen LogP contribution >= 0.6 is 0 Å². The Bertz CT molecular complexity index is 1020. The number of aromatic nitrogens is 3. The van der Waals surface area contributed by atoms with Crippen molar-refractivity contribution in [1.29, 1.82) is 0 Å². The fourth-order valence-electron chi connectivity index (χ4n) is 2.82. The van der Waals surface area contributed by atoms with E-state index in [1.165, 1.54) is 23.0 Å². The summed E-state index contributed by atoms with van der Waals surface area (Å²) in [6, 6.07) is 10.1. The Hall–Kier alpha value is -3.29. The average molecular weight is 356 g/mol. The zero-order valence-electron chi connectivity index (χ0n) is 13.2. The van der Waals surface area contributed by atoms with E-state index in [1.54, 1.807) is 24.4 Å². The van der Waals surface area contributed by atoms with Crippen molar-refractivity contribution in [3.63, 3.8) is 0 Å². The van der Waals surface area contributed by atoms with Gasteiger partial charge in [-0.25, -0.2) is 9.67 Å². The Labute approximate surface area is 145 Å². The number of aliphatic imine (C=N–C) groups is 1. The van der Waals surface area contributed by atoms with Gasteiger partial charge in [-0.15, -0.1) is 0 Å². The van der Waals surface area contributed by atoms with Gasteiger partial charge in [0.05, 0.1) is 40.1 Å². The van der Waals surface area contributed by atoms with Crippen molar-refractivity contribution in [2.75, 3.05) is 0 Å². The van der Waals surface area contributed by atoms with E-state index in [1.807, 2.05) is 0 Å². The van der Waals surface area contributed by atoms with Crippen LogP contribution in [-0.2, 0) is 12.6 Å². The standard InChI is InChI=1S/C18H11F3N4O/c19-18(20,21)11-4-3-5-12(8-11)25-16-9-15(14-6-1-2-7-22-14)24-17(26)13(16)10-23-25/h1-8,10H,9H2. The number of carbonyl (C=O) groups is 1. The first kappa shape index (κ1) is 16.2. The minimum Gasteiger partial charge on any atom is -0.267 e. The van der Waals surface area contributed by atoms with Crippen molar-refractivity contribution < 1.29 is 18.0 Å². The summed E-state index contributed by atoms with van der Waals surface area (Å²) in [5.74, 6) is -0.481. The van der Waals surface area contributed by atoms with Gasteiger partial charge in [0.1, 0.15) is 0 Å². The first-order valence-corrected chi connectivity index (χ1v) is 7.71. The fraction of sp³-hybridized carbons (Fsp3) is 0.111. The molecular weight excluding hydrogens is 345 g/mol. The SMILES string of the molecule is O=C1N=C(c2ccccn2)Cc2c1cnn2-c1cccc(C(F)(F)F)c1. The summed E-state index contributed by atoms with van der Waals surface area (Å²) in [6.45, 7) is 0. The second kappa shape index (κ2) is 5.91. The maximum atomic E-state index is 13.0. The molecule has 0 fully saturated rings. The second-order valence-corrected chi connectivity index (χ2v) is 5.72. The Kier molecular flexibility index (Phi) is 3.68. The van der Waals surface area contributed by atoms with E-state index < -0.39 is 17.6 Å². The lowest BCUT2D eigenvalue weighted by Crippen LogP contribution is -2.20. The number of alkyl halides is 3. The zero-order valence-corrected chi connectivity index (χ0v) is 13.2. The van der Waals surface area contributed by atoms with E-state index in [0.717, 1.165) is 12.1 Å². The van der Waals surface area contributed by atoms with Gasteiger partial charge in [-0.1, -0.05) is 12.1 Å². The molecule has 3 heterocycles. The molecule has 0 radical (unpaired) electrons. The van der Waals surface area contributed by atoms with Crippen molar-refractivity contribution in [3.8, 4) is 5.69 Å². The molecule has 0 N–H and O–H groups in total. The fourth-order valence-corrected chi connectivity index (χ4v) is 2.82. The van der Waals surface area contributed by atoms with Gasteiger partial charge in [-0.2, -0.15) is 18.3 Å². The average Bonchev–Trinajstić information content (AvgIpc) is 3.06. The van der Waals surface area contributed by atoms with Gasteiger partial charge in [0.15, 0.2) is 0 Å². The summed E-state index contributed by atoms with van der Waals surface area (Å²) in [7, 11) is 0. The Morgan fingerprint density at radius 2 is 1.92 bits per heavy atom. The molecule has 4 rings (SSSR count). The Morgan fingerprint density at radius 3 is 2.65 bits per heavy atom. The molecule has 1 aliphatic rings. The van der Waals surface area contributed by atoms with Crippen LogP contribution in [-0.4, -0.2) is 26.4 Å². The third kappa shape index (κ3) is 2.79. The van der Waals surface area contributed by atoms with E-state index >= 15 is 0 Å². The topological polar surface area (TPSA) is 60.1 Å². The van der Waals surface area contributed by atoms with Crippen LogP contribution < -0.4 is 0 Å². The first-order chi connectivity index (χ1) is 12.4. The highest BCUT2D eigenvalue weighted by atomic mass is 19.4. The molecule has 1 aliphatic heterocycles. The molecule has 0 aliphatic carbocycles. The predicted molar refractivity (Wildman–Crippen MR) is 87.4 cm³/mol.